The molecule has 1 heterocycles. The summed E-state index contributed by atoms with van der Waals surface area (Å²) in [5.41, 5.74) is 6.16. The van der Waals surface area contributed by atoms with Gasteiger partial charge in [-0.3, -0.25) is 4.79 Å². The lowest BCUT2D eigenvalue weighted by atomic mass is 9.94. The van der Waals surface area contributed by atoms with Crippen molar-refractivity contribution in [3.8, 4) is 32.8 Å². The number of hydrogen-bond acceptors (Lipinski definition) is 5. The molecule has 1 aliphatic rings. The molecule has 0 amide bonds. The summed E-state index contributed by atoms with van der Waals surface area (Å²) < 4.78 is 5.72. The molecule has 5 nitrogen and oxygen atoms in total. The zero-order valence-corrected chi connectivity index (χ0v) is 18.6. The Morgan fingerprint density at radius 1 is 1.35 bits per heavy atom. The van der Waals surface area contributed by atoms with Crippen molar-refractivity contribution < 1.29 is 14.6 Å². The number of aromatic nitrogens is 1. The van der Waals surface area contributed by atoms with Crippen LogP contribution in [0.5, 0.6) is 5.75 Å². The number of carbonyl (C=O) groups is 1. The van der Waals surface area contributed by atoms with E-state index in [1.165, 1.54) is 16.7 Å². The third-order valence-corrected chi connectivity index (χ3v) is 6.80. The lowest BCUT2D eigenvalue weighted by molar-refractivity contribution is -0.137. The molecule has 0 unspecified atom stereocenters. The van der Waals surface area contributed by atoms with Gasteiger partial charge in [-0.15, -0.1) is 11.3 Å². The summed E-state index contributed by atoms with van der Waals surface area (Å²) in [5, 5.41) is 19.6. The maximum absolute atomic E-state index is 11.2. The Morgan fingerprint density at radius 2 is 2.16 bits per heavy atom. The number of nitriles is 1. The summed E-state index contributed by atoms with van der Waals surface area (Å²) in [6.45, 7) is 5.98. The Labute approximate surface area is 186 Å². The van der Waals surface area contributed by atoms with Crippen molar-refractivity contribution in [1.82, 2.24) is 4.98 Å². The first-order chi connectivity index (χ1) is 14.9. The van der Waals surface area contributed by atoms with Gasteiger partial charge in [0.1, 0.15) is 16.8 Å². The highest BCUT2D eigenvalue weighted by Crippen LogP contribution is 2.42. The molecular weight excluding hydrogens is 408 g/mol. The number of nitrogens with zero attached hydrogens (tertiary/aromatic N) is 2. The smallest absolute Gasteiger partial charge is 0.303 e. The molecule has 0 saturated heterocycles. The zero-order valence-electron chi connectivity index (χ0n) is 17.8. The first kappa shape index (κ1) is 21.1. The minimum absolute atomic E-state index is 0.00541. The molecule has 1 aliphatic carbocycles. The lowest BCUT2D eigenvalue weighted by Gasteiger charge is -2.12. The molecule has 2 aromatic carbocycles. The van der Waals surface area contributed by atoms with E-state index in [4.69, 9.17) is 4.74 Å². The molecule has 0 spiro atoms. The minimum Gasteiger partial charge on any atom is -0.490 e. The van der Waals surface area contributed by atoms with Crippen LogP contribution >= 0.6 is 11.3 Å². The highest BCUT2D eigenvalue weighted by Gasteiger charge is 2.27. The van der Waals surface area contributed by atoms with Gasteiger partial charge in [-0.2, -0.15) is 5.26 Å². The Balaban J connectivity index is 1.64. The molecule has 4 rings (SSSR count). The monoisotopic (exact) mass is 432 g/mol. The van der Waals surface area contributed by atoms with Crippen molar-refractivity contribution in [2.24, 2.45) is 0 Å². The second-order valence-electron chi connectivity index (χ2n) is 8.16. The van der Waals surface area contributed by atoms with Crippen LogP contribution in [0.1, 0.15) is 54.9 Å². The minimum atomic E-state index is -0.745. The molecule has 1 N–H and O–H groups in total. The number of hydrogen-bond donors (Lipinski definition) is 1. The highest BCUT2D eigenvalue weighted by atomic mass is 32.1. The number of thiazole rings is 1. The van der Waals surface area contributed by atoms with Crippen molar-refractivity contribution in [1.29, 1.82) is 5.26 Å². The average Bonchev–Trinajstić information content (AvgIpc) is 3.36. The third kappa shape index (κ3) is 4.19. The van der Waals surface area contributed by atoms with E-state index in [0.29, 0.717) is 11.3 Å². The Hall–Kier alpha value is -3.17. The van der Waals surface area contributed by atoms with Crippen LogP contribution in [-0.2, 0) is 11.2 Å². The number of fused-ring (bicyclic) bond motifs is 1. The van der Waals surface area contributed by atoms with Crippen molar-refractivity contribution in [3.05, 3.63) is 58.8 Å². The Bertz CT molecular complexity index is 1190. The highest BCUT2D eigenvalue weighted by molar-refractivity contribution is 7.18. The third-order valence-electron chi connectivity index (χ3n) is 5.72. The quantitative estimate of drug-likeness (QED) is 0.520. The summed E-state index contributed by atoms with van der Waals surface area (Å²) in [5.74, 6) is -0.0508. The van der Waals surface area contributed by atoms with E-state index in [-0.39, 0.29) is 18.4 Å². The second kappa shape index (κ2) is 8.52. The van der Waals surface area contributed by atoms with Gasteiger partial charge < -0.3 is 9.84 Å². The number of carboxylic acid groups (broad SMARTS) is 1. The van der Waals surface area contributed by atoms with Gasteiger partial charge in [-0.05, 0) is 80.0 Å². The van der Waals surface area contributed by atoms with Gasteiger partial charge in [0, 0.05) is 11.8 Å². The van der Waals surface area contributed by atoms with Crippen molar-refractivity contribution in [3.63, 3.8) is 0 Å². The molecule has 0 saturated carbocycles. The molecule has 31 heavy (non-hydrogen) atoms. The molecular formula is C25H24N2O3S. The van der Waals surface area contributed by atoms with Crippen LogP contribution in [-0.4, -0.2) is 22.2 Å². The summed E-state index contributed by atoms with van der Waals surface area (Å²) in [4.78, 5) is 16.8. The molecule has 0 fully saturated rings. The van der Waals surface area contributed by atoms with E-state index < -0.39 is 5.97 Å². The van der Waals surface area contributed by atoms with Crippen molar-refractivity contribution >= 4 is 17.3 Å². The second-order valence-corrected chi connectivity index (χ2v) is 9.19. The molecule has 0 aliphatic heterocycles. The first-order valence-electron chi connectivity index (χ1n) is 10.4. The van der Waals surface area contributed by atoms with Crippen molar-refractivity contribution in [2.75, 3.05) is 0 Å². The van der Waals surface area contributed by atoms with Crippen LogP contribution in [0, 0.1) is 18.3 Å². The SMILES string of the molecule is Cc1c(-c2ncc(-c3ccc(OC(C)C)c(C#N)c3)s2)ccc2c1CC[C@@H]2CC(=O)O. The van der Waals surface area contributed by atoms with Crippen LogP contribution in [0.3, 0.4) is 0 Å². The van der Waals surface area contributed by atoms with E-state index in [1.54, 1.807) is 11.3 Å². The fourth-order valence-electron chi connectivity index (χ4n) is 4.28. The van der Waals surface area contributed by atoms with Gasteiger partial charge in [0.25, 0.3) is 0 Å². The maximum Gasteiger partial charge on any atom is 0.303 e. The lowest BCUT2D eigenvalue weighted by Crippen LogP contribution is -2.06. The molecule has 0 radical (unpaired) electrons. The van der Waals surface area contributed by atoms with E-state index in [9.17, 15) is 15.2 Å². The fourth-order valence-corrected chi connectivity index (χ4v) is 5.28. The molecule has 0 bridgehead atoms. The van der Waals surface area contributed by atoms with E-state index >= 15 is 0 Å². The molecule has 6 heteroatoms. The van der Waals surface area contributed by atoms with Crippen LogP contribution in [0.25, 0.3) is 21.0 Å². The van der Waals surface area contributed by atoms with Crippen molar-refractivity contribution in [2.45, 2.75) is 52.1 Å². The summed E-state index contributed by atoms with van der Waals surface area (Å²) in [7, 11) is 0. The van der Waals surface area contributed by atoms with Crippen LogP contribution < -0.4 is 4.74 Å². The van der Waals surface area contributed by atoms with E-state index in [0.717, 1.165) is 33.9 Å². The van der Waals surface area contributed by atoms with Gasteiger partial charge in [0.2, 0.25) is 0 Å². The van der Waals surface area contributed by atoms with Gasteiger partial charge in [-0.1, -0.05) is 12.1 Å². The predicted molar refractivity (Wildman–Crippen MR) is 122 cm³/mol. The Kier molecular flexibility index (Phi) is 5.79. The van der Waals surface area contributed by atoms with Gasteiger partial charge in [0.15, 0.2) is 0 Å². The molecule has 1 atom stereocenters. The maximum atomic E-state index is 11.2. The average molecular weight is 433 g/mol. The van der Waals surface area contributed by atoms with E-state index in [2.05, 4.69) is 30.1 Å². The molecule has 3 aromatic rings. The van der Waals surface area contributed by atoms with Gasteiger partial charge in [0.05, 0.1) is 23.0 Å². The number of carboxylic acids is 1. The number of ether oxygens (including phenoxy) is 1. The van der Waals surface area contributed by atoms with Gasteiger partial charge >= 0.3 is 5.97 Å². The summed E-state index contributed by atoms with van der Waals surface area (Å²) >= 11 is 1.59. The van der Waals surface area contributed by atoms with Gasteiger partial charge in [-0.25, -0.2) is 4.98 Å². The standard InChI is InChI=1S/C25H24N2O3S/c1-14(2)30-22-9-5-17(10-18(22)12-26)23-13-27-25(31-23)20-7-8-21-16(11-24(28)29)4-6-19(21)15(20)3/h5,7-10,13-14,16H,4,6,11H2,1-3H3,(H,28,29)/t16-/m1/s1. The van der Waals surface area contributed by atoms with E-state index in [1.807, 2.05) is 38.2 Å². The normalized spacial score (nSPS) is 15.0. The Morgan fingerprint density at radius 3 is 2.87 bits per heavy atom. The zero-order chi connectivity index (χ0) is 22.1. The topological polar surface area (TPSA) is 83.2 Å². The first-order valence-corrected chi connectivity index (χ1v) is 11.2. The molecule has 1 aromatic heterocycles. The van der Waals surface area contributed by atoms with Crippen LogP contribution in [0.2, 0.25) is 0 Å². The largest absolute Gasteiger partial charge is 0.490 e. The van der Waals surface area contributed by atoms with Crippen LogP contribution in [0.15, 0.2) is 36.5 Å². The number of rotatable bonds is 6. The van der Waals surface area contributed by atoms with Crippen LogP contribution in [0.4, 0.5) is 0 Å². The summed E-state index contributed by atoms with van der Waals surface area (Å²) in [6, 6.07) is 12.0. The number of aliphatic carboxylic acids is 1. The predicted octanol–water partition coefficient (Wildman–Crippen LogP) is 5.95. The molecule has 158 valence electrons. The number of benzene rings is 2. The fraction of sp³-hybridized carbons (Fsp3) is 0.320. The summed E-state index contributed by atoms with van der Waals surface area (Å²) in [6.07, 6.45) is 3.83.